The van der Waals surface area contributed by atoms with E-state index in [1.807, 2.05) is 0 Å². The van der Waals surface area contributed by atoms with E-state index in [1.165, 1.54) is 23.2 Å². The first-order valence-electron chi connectivity index (χ1n) is 9.65. The van der Waals surface area contributed by atoms with Gasteiger partial charge in [0.25, 0.3) is 5.92 Å². The second-order valence-corrected chi connectivity index (χ2v) is 8.29. The van der Waals surface area contributed by atoms with Crippen LogP contribution in [0.25, 0.3) is 0 Å². The Morgan fingerprint density at radius 2 is 2.27 bits per heavy atom. The van der Waals surface area contributed by atoms with Crippen LogP contribution >= 0.6 is 11.3 Å². The Labute approximate surface area is 176 Å². The molecule has 164 valence electrons. The molecule has 11 heteroatoms. The van der Waals surface area contributed by atoms with Gasteiger partial charge in [-0.15, -0.1) is 11.3 Å². The standard InChI is InChI=1S/C19H24F2N4O4S/c1-3-29-18(28)13-8-23-15(16-22-4-5-30-16)24-14(13)9-25-10-19(20,21)7-12(25)6-11(2)17(26)27/h4-5,11-12H,3,6-10H2,1-2H3,(H,23,24)(H,26,27). The van der Waals surface area contributed by atoms with Crippen LogP contribution in [-0.2, 0) is 14.3 Å². The molecule has 0 aliphatic carbocycles. The fraction of sp³-hybridized carbons (Fsp3) is 0.579. The third kappa shape index (κ3) is 5.20. The molecule has 30 heavy (non-hydrogen) atoms. The van der Waals surface area contributed by atoms with Gasteiger partial charge in [0, 0.05) is 36.3 Å². The summed E-state index contributed by atoms with van der Waals surface area (Å²) in [6, 6.07) is -0.619. The topological polar surface area (TPSA) is 104 Å². The van der Waals surface area contributed by atoms with E-state index in [2.05, 4.69) is 15.3 Å². The van der Waals surface area contributed by atoms with E-state index in [4.69, 9.17) is 4.74 Å². The quantitative estimate of drug-likeness (QED) is 0.595. The van der Waals surface area contributed by atoms with Crippen molar-refractivity contribution in [1.29, 1.82) is 0 Å². The summed E-state index contributed by atoms with van der Waals surface area (Å²) in [5.41, 5.74) is 0.705. The van der Waals surface area contributed by atoms with Gasteiger partial charge in [-0.2, -0.15) is 0 Å². The molecule has 2 aliphatic heterocycles. The number of aromatic nitrogens is 1. The zero-order chi connectivity index (χ0) is 21.9. The first-order chi connectivity index (χ1) is 14.2. The van der Waals surface area contributed by atoms with Gasteiger partial charge >= 0.3 is 11.9 Å². The number of nitrogens with one attached hydrogen (secondary N) is 1. The van der Waals surface area contributed by atoms with E-state index in [9.17, 15) is 23.5 Å². The molecular formula is C19H24F2N4O4S. The molecule has 3 heterocycles. The Kier molecular flexibility index (Phi) is 6.81. The van der Waals surface area contributed by atoms with Crippen molar-refractivity contribution < 1.29 is 28.2 Å². The largest absolute Gasteiger partial charge is 0.481 e. The van der Waals surface area contributed by atoms with E-state index in [1.54, 1.807) is 18.5 Å². The smallest absolute Gasteiger partial charge is 0.337 e. The number of carboxylic acids is 1. The van der Waals surface area contributed by atoms with E-state index in [-0.39, 0.29) is 31.7 Å². The lowest BCUT2D eigenvalue weighted by Gasteiger charge is -2.29. The number of halogens is 2. The molecule has 1 aromatic heterocycles. The van der Waals surface area contributed by atoms with Gasteiger partial charge in [-0.3, -0.25) is 14.7 Å². The molecule has 1 saturated heterocycles. The predicted octanol–water partition coefficient (Wildman–Crippen LogP) is 2.13. The second kappa shape index (κ2) is 9.17. The summed E-state index contributed by atoms with van der Waals surface area (Å²) in [7, 11) is 0. The number of likely N-dealkylation sites (tertiary alicyclic amines) is 1. The zero-order valence-corrected chi connectivity index (χ0v) is 17.5. The Morgan fingerprint density at radius 1 is 1.50 bits per heavy atom. The van der Waals surface area contributed by atoms with Crippen LogP contribution in [0.2, 0.25) is 0 Å². The number of carbonyl (C=O) groups is 2. The minimum absolute atomic E-state index is 0.0329. The van der Waals surface area contributed by atoms with Crippen molar-refractivity contribution in [3.63, 3.8) is 0 Å². The van der Waals surface area contributed by atoms with E-state index in [0.717, 1.165) is 0 Å². The third-order valence-electron chi connectivity index (χ3n) is 5.08. The zero-order valence-electron chi connectivity index (χ0n) is 16.7. The van der Waals surface area contributed by atoms with Gasteiger partial charge in [-0.1, -0.05) is 6.92 Å². The van der Waals surface area contributed by atoms with Gasteiger partial charge in [-0.05, 0) is 13.3 Å². The average Bonchev–Trinajstić information content (AvgIpc) is 3.30. The van der Waals surface area contributed by atoms with E-state index < -0.39 is 42.8 Å². The van der Waals surface area contributed by atoms with Crippen molar-refractivity contribution in [3.8, 4) is 0 Å². The lowest BCUT2D eigenvalue weighted by atomic mass is 9.99. The number of thiazole rings is 1. The molecule has 0 spiro atoms. The number of aliphatic carboxylic acids is 1. The maximum atomic E-state index is 14.2. The molecule has 0 aromatic carbocycles. The number of aliphatic imine (C=N–C) groups is 1. The summed E-state index contributed by atoms with van der Waals surface area (Å²) in [5, 5.41) is 14.7. The molecule has 1 fully saturated rings. The molecule has 0 amide bonds. The second-order valence-electron chi connectivity index (χ2n) is 7.40. The maximum absolute atomic E-state index is 14.2. The fourth-order valence-corrected chi connectivity index (χ4v) is 4.21. The predicted molar refractivity (Wildman–Crippen MR) is 107 cm³/mol. The van der Waals surface area contributed by atoms with Crippen molar-refractivity contribution in [3.05, 3.63) is 27.9 Å². The summed E-state index contributed by atoms with van der Waals surface area (Å²) in [5.74, 6) is -4.78. The molecule has 0 bridgehead atoms. The Hall–Kier alpha value is -2.40. The Balaban J connectivity index is 1.84. The van der Waals surface area contributed by atoms with Crippen molar-refractivity contribution in [1.82, 2.24) is 15.2 Å². The molecule has 2 atom stereocenters. The van der Waals surface area contributed by atoms with Crippen LogP contribution in [0, 0.1) is 5.92 Å². The molecule has 0 radical (unpaired) electrons. The van der Waals surface area contributed by atoms with Crippen molar-refractivity contribution in [2.24, 2.45) is 10.9 Å². The molecule has 2 aliphatic rings. The highest BCUT2D eigenvalue weighted by Crippen LogP contribution is 2.35. The number of alkyl halides is 2. The van der Waals surface area contributed by atoms with Gasteiger partial charge in [0.05, 0.1) is 31.2 Å². The van der Waals surface area contributed by atoms with Crippen LogP contribution < -0.4 is 5.32 Å². The van der Waals surface area contributed by atoms with Crippen LogP contribution in [0.4, 0.5) is 8.78 Å². The monoisotopic (exact) mass is 442 g/mol. The summed E-state index contributed by atoms with van der Waals surface area (Å²) in [4.78, 5) is 33.7. The molecule has 2 N–H and O–H groups in total. The number of hydrogen-bond donors (Lipinski definition) is 2. The van der Waals surface area contributed by atoms with Crippen LogP contribution in [-0.4, -0.2) is 71.0 Å². The van der Waals surface area contributed by atoms with Gasteiger partial charge in [0.15, 0.2) is 10.8 Å². The highest BCUT2D eigenvalue weighted by Gasteiger charge is 2.46. The normalized spacial score (nSPS) is 22.4. The Morgan fingerprint density at radius 3 is 2.90 bits per heavy atom. The fourth-order valence-electron chi connectivity index (χ4n) is 3.61. The first-order valence-corrected chi connectivity index (χ1v) is 10.5. The number of amidine groups is 1. The Bertz CT molecular complexity index is 857. The number of rotatable bonds is 8. The number of hydrogen-bond acceptors (Lipinski definition) is 8. The number of carboxylic acid groups (broad SMARTS) is 1. The van der Waals surface area contributed by atoms with E-state index >= 15 is 0 Å². The lowest BCUT2D eigenvalue weighted by Crippen LogP contribution is -2.41. The average molecular weight is 442 g/mol. The van der Waals surface area contributed by atoms with Crippen LogP contribution in [0.5, 0.6) is 0 Å². The molecular weight excluding hydrogens is 418 g/mol. The minimum atomic E-state index is -2.92. The van der Waals surface area contributed by atoms with E-state index in [0.29, 0.717) is 16.5 Å². The minimum Gasteiger partial charge on any atom is -0.481 e. The number of carbonyl (C=O) groups excluding carboxylic acids is 1. The summed E-state index contributed by atoms with van der Waals surface area (Å²) < 4.78 is 33.5. The molecule has 3 rings (SSSR count). The van der Waals surface area contributed by atoms with Crippen molar-refractivity contribution in [2.75, 3.05) is 26.2 Å². The SMILES string of the molecule is CCOC(=O)C1=C(CN2CC(F)(F)CC2CC(C)C(=O)O)NC(c2nccs2)=NC1. The number of nitrogens with zero attached hydrogens (tertiary/aromatic N) is 3. The summed E-state index contributed by atoms with van der Waals surface area (Å²) in [6.45, 7) is 2.95. The van der Waals surface area contributed by atoms with Crippen molar-refractivity contribution >= 4 is 29.1 Å². The van der Waals surface area contributed by atoms with Crippen LogP contribution in [0.1, 0.15) is 31.7 Å². The highest BCUT2D eigenvalue weighted by atomic mass is 32.1. The van der Waals surface area contributed by atoms with Gasteiger partial charge in [0.2, 0.25) is 0 Å². The van der Waals surface area contributed by atoms with Crippen LogP contribution in [0.15, 0.2) is 27.8 Å². The molecule has 0 saturated carbocycles. The lowest BCUT2D eigenvalue weighted by molar-refractivity contribution is -0.141. The number of ether oxygens (including phenoxy) is 1. The van der Waals surface area contributed by atoms with Gasteiger partial charge < -0.3 is 15.2 Å². The first kappa shape index (κ1) is 22.3. The summed E-state index contributed by atoms with van der Waals surface area (Å²) in [6.07, 6.45) is 1.30. The molecule has 8 nitrogen and oxygen atoms in total. The van der Waals surface area contributed by atoms with Crippen LogP contribution in [0.3, 0.4) is 0 Å². The molecule has 1 aromatic rings. The molecule has 2 unspecified atom stereocenters. The highest BCUT2D eigenvalue weighted by molar-refractivity contribution is 7.11. The van der Waals surface area contributed by atoms with Gasteiger partial charge in [-0.25, -0.2) is 18.6 Å². The van der Waals surface area contributed by atoms with Gasteiger partial charge in [0.1, 0.15) is 0 Å². The summed E-state index contributed by atoms with van der Waals surface area (Å²) >= 11 is 1.36. The number of esters is 1. The third-order valence-corrected chi connectivity index (χ3v) is 5.86. The maximum Gasteiger partial charge on any atom is 0.337 e. The van der Waals surface area contributed by atoms with Crippen molar-refractivity contribution in [2.45, 2.75) is 38.7 Å².